The van der Waals surface area contributed by atoms with Crippen LogP contribution in [0.2, 0.25) is 0 Å². The first-order valence-corrected chi connectivity index (χ1v) is 6.91. The SMILES string of the molecule is CCCC.COC(=O)c1ccc(C2CCC2)cc1. The van der Waals surface area contributed by atoms with Gasteiger partial charge in [0.1, 0.15) is 0 Å². The molecule has 0 unspecified atom stereocenters. The minimum Gasteiger partial charge on any atom is -0.465 e. The molecule has 100 valence electrons. The second-order valence-electron chi connectivity index (χ2n) is 4.74. The van der Waals surface area contributed by atoms with Crippen LogP contribution in [0.4, 0.5) is 0 Å². The van der Waals surface area contributed by atoms with Crippen LogP contribution in [0, 0.1) is 0 Å². The molecule has 1 saturated carbocycles. The maximum absolute atomic E-state index is 11.2. The van der Waals surface area contributed by atoms with Crippen LogP contribution < -0.4 is 0 Å². The lowest BCUT2D eigenvalue weighted by Crippen LogP contribution is -2.09. The van der Waals surface area contributed by atoms with Crippen molar-refractivity contribution >= 4 is 5.97 Å². The van der Waals surface area contributed by atoms with Gasteiger partial charge in [0.2, 0.25) is 0 Å². The van der Waals surface area contributed by atoms with E-state index >= 15 is 0 Å². The third-order valence-electron chi connectivity index (χ3n) is 3.41. The van der Waals surface area contributed by atoms with Gasteiger partial charge < -0.3 is 4.74 Å². The van der Waals surface area contributed by atoms with E-state index in [1.807, 2.05) is 24.3 Å². The van der Waals surface area contributed by atoms with Crippen molar-refractivity contribution in [2.45, 2.75) is 51.9 Å². The van der Waals surface area contributed by atoms with Crippen molar-refractivity contribution in [1.29, 1.82) is 0 Å². The lowest BCUT2D eigenvalue weighted by atomic mass is 9.80. The number of carbonyl (C=O) groups excluding carboxylic acids is 1. The molecule has 0 heterocycles. The Labute approximate surface area is 110 Å². The van der Waals surface area contributed by atoms with Gasteiger partial charge in [0.05, 0.1) is 12.7 Å². The molecular formula is C16H24O2. The fourth-order valence-corrected chi connectivity index (χ4v) is 1.75. The number of unbranched alkanes of at least 4 members (excludes halogenated alkanes) is 1. The highest BCUT2D eigenvalue weighted by Gasteiger charge is 2.19. The number of ether oxygens (including phenoxy) is 1. The summed E-state index contributed by atoms with van der Waals surface area (Å²) >= 11 is 0. The average molecular weight is 248 g/mol. The maximum atomic E-state index is 11.2. The summed E-state index contributed by atoms with van der Waals surface area (Å²) < 4.78 is 4.64. The molecule has 2 nitrogen and oxygen atoms in total. The number of hydrogen-bond acceptors (Lipinski definition) is 2. The van der Waals surface area contributed by atoms with Crippen LogP contribution in [-0.2, 0) is 4.74 Å². The number of methoxy groups -OCH3 is 1. The summed E-state index contributed by atoms with van der Waals surface area (Å²) in [6.45, 7) is 4.36. The normalized spacial score (nSPS) is 14.2. The molecule has 0 radical (unpaired) electrons. The second kappa shape index (κ2) is 7.91. The molecule has 0 N–H and O–H groups in total. The van der Waals surface area contributed by atoms with E-state index in [2.05, 4.69) is 18.6 Å². The van der Waals surface area contributed by atoms with Crippen LogP contribution >= 0.6 is 0 Å². The molecule has 0 aliphatic heterocycles. The van der Waals surface area contributed by atoms with Gasteiger partial charge in [-0.25, -0.2) is 4.79 Å². The Kier molecular flexibility index (Phi) is 6.48. The topological polar surface area (TPSA) is 26.3 Å². The number of esters is 1. The monoisotopic (exact) mass is 248 g/mol. The van der Waals surface area contributed by atoms with E-state index in [1.165, 1.54) is 44.8 Å². The summed E-state index contributed by atoms with van der Waals surface area (Å²) in [4.78, 5) is 11.2. The third kappa shape index (κ3) is 4.17. The van der Waals surface area contributed by atoms with Crippen LogP contribution in [0.1, 0.15) is 67.8 Å². The van der Waals surface area contributed by atoms with E-state index < -0.39 is 0 Å². The van der Waals surface area contributed by atoms with Gasteiger partial charge in [0, 0.05) is 0 Å². The first kappa shape index (κ1) is 14.7. The summed E-state index contributed by atoms with van der Waals surface area (Å²) in [6, 6.07) is 7.77. The van der Waals surface area contributed by atoms with Gasteiger partial charge in [-0.05, 0) is 36.5 Å². The highest BCUT2D eigenvalue weighted by Crippen LogP contribution is 2.36. The molecule has 1 aliphatic carbocycles. The Balaban J connectivity index is 0.000000357. The van der Waals surface area contributed by atoms with Crippen molar-refractivity contribution < 1.29 is 9.53 Å². The predicted molar refractivity (Wildman–Crippen MR) is 75.0 cm³/mol. The fraction of sp³-hybridized carbons (Fsp3) is 0.562. The molecule has 1 aromatic carbocycles. The van der Waals surface area contributed by atoms with Crippen molar-refractivity contribution in [2.24, 2.45) is 0 Å². The van der Waals surface area contributed by atoms with Gasteiger partial charge in [-0.1, -0.05) is 45.2 Å². The minimum atomic E-state index is -0.259. The van der Waals surface area contributed by atoms with Crippen LogP contribution in [-0.4, -0.2) is 13.1 Å². The lowest BCUT2D eigenvalue weighted by Gasteiger charge is -2.25. The van der Waals surface area contributed by atoms with Crippen molar-refractivity contribution in [3.05, 3.63) is 35.4 Å². The van der Waals surface area contributed by atoms with Gasteiger partial charge in [-0.2, -0.15) is 0 Å². The molecule has 0 spiro atoms. The number of rotatable bonds is 3. The molecule has 1 aromatic rings. The molecule has 1 fully saturated rings. The van der Waals surface area contributed by atoms with Crippen molar-refractivity contribution in [2.75, 3.05) is 7.11 Å². The molecule has 1 aliphatic rings. The van der Waals surface area contributed by atoms with Crippen LogP contribution in [0.25, 0.3) is 0 Å². The average Bonchev–Trinajstić information content (AvgIpc) is 2.37. The molecule has 2 rings (SSSR count). The number of hydrogen-bond donors (Lipinski definition) is 0. The Bertz CT molecular complexity index is 348. The summed E-state index contributed by atoms with van der Waals surface area (Å²) in [6.07, 6.45) is 6.55. The molecule has 0 amide bonds. The molecule has 0 saturated heterocycles. The van der Waals surface area contributed by atoms with Gasteiger partial charge in [-0.15, -0.1) is 0 Å². The zero-order valence-corrected chi connectivity index (χ0v) is 11.7. The molecule has 0 aromatic heterocycles. The quantitative estimate of drug-likeness (QED) is 0.734. The minimum absolute atomic E-state index is 0.259. The zero-order chi connectivity index (χ0) is 13.4. The molecule has 18 heavy (non-hydrogen) atoms. The highest BCUT2D eigenvalue weighted by atomic mass is 16.5. The summed E-state index contributed by atoms with van der Waals surface area (Å²) in [5.74, 6) is 0.465. The van der Waals surface area contributed by atoms with Crippen LogP contribution in [0.3, 0.4) is 0 Å². The van der Waals surface area contributed by atoms with E-state index in [1.54, 1.807) is 0 Å². The summed E-state index contributed by atoms with van der Waals surface area (Å²) in [5.41, 5.74) is 1.99. The van der Waals surface area contributed by atoms with E-state index in [-0.39, 0.29) is 5.97 Å². The van der Waals surface area contributed by atoms with E-state index in [0.717, 1.165) is 5.92 Å². The van der Waals surface area contributed by atoms with Gasteiger partial charge in [0.15, 0.2) is 0 Å². The third-order valence-corrected chi connectivity index (χ3v) is 3.41. The van der Waals surface area contributed by atoms with E-state index in [9.17, 15) is 4.79 Å². The molecular weight excluding hydrogens is 224 g/mol. The number of carbonyl (C=O) groups is 1. The molecule has 2 heteroatoms. The predicted octanol–water partition coefficient (Wildman–Crippen LogP) is 4.55. The van der Waals surface area contributed by atoms with Crippen molar-refractivity contribution in [3.63, 3.8) is 0 Å². The second-order valence-corrected chi connectivity index (χ2v) is 4.74. The number of benzene rings is 1. The smallest absolute Gasteiger partial charge is 0.337 e. The highest BCUT2D eigenvalue weighted by molar-refractivity contribution is 5.89. The zero-order valence-electron chi connectivity index (χ0n) is 11.7. The Morgan fingerprint density at radius 2 is 1.72 bits per heavy atom. The first-order chi connectivity index (χ1) is 8.72. The first-order valence-electron chi connectivity index (χ1n) is 6.91. The summed E-state index contributed by atoms with van der Waals surface area (Å²) in [7, 11) is 1.40. The van der Waals surface area contributed by atoms with Gasteiger partial charge >= 0.3 is 5.97 Å². The summed E-state index contributed by atoms with van der Waals surface area (Å²) in [5, 5.41) is 0. The Morgan fingerprint density at radius 3 is 2.06 bits per heavy atom. The molecule has 0 atom stereocenters. The largest absolute Gasteiger partial charge is 0.465 e. The van der Waals surface area contributed by atoms with Crippen molar-refractivity contribution in [3.8, 4) is 0 Å². The van der Waals surface area contributed by atoms with Gasteiger partial charge in [-0.3, -0.25) is 0 Å². The van der Waals surface area contributed by atoms with Crippen LogP contribution in [0.5, 0.6) is 0 Å². The van der Waals surface area contributed by atoms with E-state index in [0.29, 0.717) is 5.56 Å². The maximum Gasteiger partial charge on any atom is 0.337 e. The van der Waals surface area contributed by atoms with Gasteiger partial charge in [0.25, 0.3) is 0 Å². The standard InChI is InChI=1S/C12H14O2.C4H10/c1-14-12(13)11-7-5-10(6-8-11)9-3-2-4-9;1-3-4-2/h5-9H,2-4H2,1H3;3-4H2,1-2H3. The lowest BCUT2D eigenvalue weighted by molar-refractivity contribution is 0.0600. The Morgan fingerprint density at radius 1 is 1.17 bits per heavy atom. The molecule has 0 bridgehead atoms. The van der Waals surface area contributed by atoms with Crippen LogP contribution in [0.15, 0.2) is 24.3 Å². The Hall–Kier alpha value is -1.31. The van der Waals surface area contributed by atoms with Crippen molar-refractivity contribution in [1.82, 2.24) is 0 Å². The fourth-order valence-electron chi connectivity index (χ4n) is 1.75. The van der Waals surface area contributed by atoms with E-state index in [4.69, 9.17) is 0 Å².